The van der Waals surface area contributed by atoms with Crippen LogP contribution < -0.4 is 5.32 Å². The van der Waals surface area contributed by atoms with Crippen LogP contribution in [0.4, 0.5) is 5.82 Å². The van der Waals surface area contributed by atoms with Crippen molar-refractivity contribution in [3.05, 3.63) is 29.3 Å². The minimum atomic E-state index is -0.246. The molecule has 3 rings (SSSR count). The summed E-state index contributed by atoms with van der Waals surface area (Å²) in [5.41, 5.74) is 1.35. The molecule has 2 heterocycles. The number of likely N-dealkylation sites (N-methyl/N-ethyl adjacent to an activating group) is 1. The van der Waals surface area contributed by atoms with Crippen molar-refractivity contribution in [2.24, 2.45) is 0 Å². The van der Waals surface area contributed by atoms with Gasteiger partial charge in [0.1, 0.15) is 5.76 Å². The summed E-state index contributed by atoms with van der Waals surface area (Å²) in [5, 5.41) is 11.1. The predicted molar refractivity (Wildman–Crippen MR) is 81.9 cm³/mol. The fourth-order valence-electron chi connectivity index (χ4n) is 2.59. The van der Waals surface area contributed by atoms with Gasteiger partial charge in [-0.2, -0.15) is 5.10 Å². The first-order chi connectivity index (χ1) is 10.6. The average Bonchev–Trinajstić information content (AvgIpc) is 3.11. The summed E-state index contributed by atoms with van der Waals surface area (Å²) in [6.07, 6.45) is 5.76. The van der Waals surface area contributed by atoms with Crippen LogP contribution in [0.5, 0.6) is 0 Å². The number of hydrogen-bond donors (Lipinski definition) is 1. The summed E-state index contributed by atoms with van der Waals surface area (Å²) in [6, 6.07) is 1.79. The van der Waals surface area contributed by atoms with Gasteiger partial charge in [0.25, 0.3) is 5.91 Å². The van der Waals surface area contributed by atoms with Crippen molar-refractivity contribution < 1.29 is 9.32 Å². The molecule has 0 bridgehead atoms. The number of aryl methyl sites for hydroxylation is 1. The Hall–Kier alpha value is -2.15. The number of rotatable bonds is 5. The van der Waals surface area contributed by atoms with Gasteiger partial charge in [-0.15, -0.1) is 0 Å². The largest absolute Gasteiger partial charge is 0.360 e. The van der Waals surface area contributed by atoms with Gasteiger partial charge in [-0.25, -0.2) is 0 Å². The summed E-state index contributed by atoms with van der Waals surface area (Å²) < 4.78 is 7.09. The van der Waals surface area contributed by atoms with Gasteiger partial charge in [0.2, 0.25) is 0 Å². The Labute approximate surface area is 129 Å². The van der Waals surface area contributed by atoms with E-state index in [0.717, 1.165) is 50.1 Å². The molecule has 0 atom stereocenters. The second-order valence-electron chi connectivity index (χ2n) is 5.86. The van der Waals surface area contributed by atoms with Gasteiger partial charge in [0.05, 0.1) is 6.54 Å². The van der Waals surface area contributed by atoms with E-state index in [9.17, 15) is 4.79 Å². The molecular formula is C15H21N5O2. The molecule has 1 amide bonds. The quantitative estimate of drug-likeness (QED) is 0.907. The fourth-order valence-corrected chi connectivity index (χ4v) is 2.59. The zero-order chi connectivity index (χ0) is 15.5. The molecule has 1 N–H and O–H groups in total. The van der Waals surface area contributed by atoms with Crippen molar-refractivity contribution in [2.75, 3.05) is 26.0 Å². The Morgan fingerprint density at radius 3 is 3.05 bits per heavy atom. The van der Waals surface area contributed by atoms with Crippen LogP contribution in [0.3, 0.4) is 0 Å². The van der Waals surface area contributed by atoms with Crippen molar-refractivity contribution >= 4 is 11.7 Å². The molecule has 0 unspecified atom stereocenters. The van der Waals surface area contributed by atoms with E-state index in [2.05, 4.69) is 20.5 Å². The first-order valence-electron chi connectivity index (χ1n) is 7.60. The van der Waals surface area contributed by atoms with E-state index in [4.69, 9.17) is 4.52 Å². The van der Waals surface area contributed by atoms with Crippen molar-refractivity contribution in [3.8, 4) is 0 Å². The number of carbonyl (C=O) groups is 1. The highest BCUT2D eigenvalue weighted by molar-refractivity contribution is 6.03. The average molecular weight is 303 g/mol. The van der Waals surface area contributed by atoms with E-state index in [1.54, 1.807) is 6.07 Å². The minimum absolute atomic E-state index is 0.246. The number of aromatic nitrogens is 3. The van der Waals surface area contributed by atoms with Crippen molar-refractivity contribution in [1.29, 1.82) is 0 Å². The highest BCUT2D eigenvalue weighted by Gasteiger charge is 2.24. The number of anilines is 1. The van der Waals surface area contributed by atoms with Crippen LogP contribution >= 0.6 is 0 Å². The number of fused-ring (bicyclic) bond motifs is 1. The van der Waals surface area contributed by atoms with Gasteiger partial charge in [-0.05, 0) is 33.4 Å². The van der Waals surface area contributed by atoms with E-state index < -0.39 is 0 Å². The van der Waals surface area contributed by atoms with Crippen LogP contribution in [0.2, 0.25) is 0 Å². The molecule has 1 aliphatic carbocycles. The summed E-state index contributed by atoms with van der Waals surface area (Å²) in [5.74, 6) is 1.15. The maximum atomic E-state index is 12.3. The third-order valence-corrected chi connectivity index (χ3v) is 3.82. The molecule has 0 saturated heterocycles. The molecule has 2 aromatic heterocycles. The monoisotopic (exact) mass is 303 g/mol. The Kier molecular flexibility index (Phi) is 4.24. The maximum absolute atomic E-state index is 12.3. The van der Waals surface area contributed by atoms with Crippen LogP contribution in [-0.2, 0) is 19.4 Å². The molecule has 0 aromatic carbocycles. The zero-order valence-electron chi connectivity index (χ0n) is 13.0. The summed E-state index contributed by atoms with van der Waals surface area (Å²) >= 11 is 0. The summed E-state index contributed by atoms with van der Waals surface area (Å²) in [4.78, 5) is 14.4. The normalized spacial score (nSPS) is 14.1. The van der Waals surface area contributed by atoms with E-state index in [1.807, 2.05) is 25.0 Å². The molecule has 118 valence electrons. The molecule has 7 heteroatoms. The Morgan fingerprint density at radius 1 is 1.41 bits per heavy atom. The standard InChI is InChI=1S/C15H21N5O2/c1-19(2)9-10-20-8-7-13(17-20)16-15(21)14-11-5-3-4-6-12(11)22-18-14/h7-8H,3-6,9-10H2,1-2H3,(H,16,17,21). The number of carbonyl (C=O) groups excluding carboxylic acids is 1. The summed E-state index contributed by atoms with van der Waals surface area (Å²) in [6.45, 7) is 1.67. The van der Waals surface area contributed by atoms with Crippen LogP contribution in [-0.4, -0.2) is 46.4 Å². The van der Waals surface area contributed by atoms with Gasteiger partial charge in [-0.1, -0.05) is 5.16 Å². The van der Waals surface area contributed by atoms with Gasteiger partial charge in [-0.3, -0.25) is 9.48 Å². The number of hydrogen-bond acceptors (Lipinski definition) is 5. The zero-order valence-corrected chi connectivity index (χ0v) is 13.0. The Balaban J connectivity index is 1.66. The number of amides is 1. The molecule has 0 saturated carbocycles. The lowest BCUT2D eigenvalue weighted by atomic mass is 9.96. The maximum Gasteiger partial charge on any atom is 0.279 e. The first-order valence-corrected chi connectivity index (χ1v) is 7.60. The van der Waals surface area contributed by atoms with Crippen molar-refractivity contribution in [2.45, 2.75) is 32.2 Å². The van der Waals surface area contributed by atoms with E-state index >= 15 is 0 Å². The second kappa shape index (κ2) is 6.31. The van der Waals surface area contributed by atoms with Gasteiger partial charge in [0.15, 0.2) is 11.5 Å². The molecule has 7 nitrogen and oxygen atoms in total. The summed E-state index contributed by atoms with van der Waals surface area (Å²) in [7, 11) is 4.03. The Morgan fingerprint density at radius 2 is 2.23 bits per heavy atom. The number of nitrogens with one attached hydrogen (secondary N) is 1. The van der Waals surface area contributed by atoms with E-state index in [-0.39, 0.29) is 5.91 Å². The molecule has 22 heavy (non-hydrogen) atoms. The second-order valence-corrected chi connectivity index (χ2v) is 5.86. The molecule has 1 aliphatic rings. The van der Waals surface area contributed by atoms with Crippen LogP contribution in [0.25, 0.3) is 0 Å². The lowest BCUT2D eigenvalue weighted by Gasteiger charge is -2.09. The van der Waals surface area contributed by atoms with Crippen LogP contribution in [0, 0.1) is 0 Å². The predicted octanol–water partition coefficient (Wildman–Crippen LogP) is 1.56. The van der Waals surface area contributed by atoms with E-state index in [0.29, 0.717) is 11.5 Å². The SMILES string of the molecule is CN(C)CCn1ccc(NC(=O)c2noc3c2CCCC3)n1. The lowest BCUT2D eigenvalue weighted by molar-refractivity contribution is 0.101. The molecule has 0 spiro atoms. The van der Waals surface area contributed by atoms with E-state index in [1.165, 1.54) is 0 Å². The van der Waals surface area contributed by atoms with Crippen molar-refractivity contribution in [3.63, 3.8) is 0 Å². The van der Waals surface area contributed by atoms with Gasteiger partial charge >= 0.3 is 0 Å². The highest BCUT2D eigenvalue weighted by atomic mass is 16.5. The highest BCUT2D eigenvalue weighted by Crippen LogP contribution is 2.24. The molecule has 0 radical (unpaired) electrons. The topological polar surface area (TPSA) is 76.2 Å². The van der Waals surface area contributed by atoms with Crippen LogP contribution in [0.15, 0.2) is 16.8 Å². The molecule has 0 aliphatic heterocycles. The third-order valence-electron chi connectivity index (χ3n) is 3.82. The smallest absolute Gasteiger partial charge is 0.279 e. The lowest BCUT2D eigenvalue weighted by Crippen LogP contribution is -2.19. The molecule has 2 aromatic rings. The molecule has 0 fully saturated rings. The van der Waals surface area contributed by atoms with Crippen LogP contribution in [0.1, 0.15) is 34.7 Å². The number of nitrogens with zero attached hydrogens (tertiary/aromatic N) is 4. The first kappa shape index (κ1) is 14.8. The van der Waals surface area contributed by atoms with Crippen molar-refractivity contribution in [1.82, 2.24) is 19.8 Å². The van der Waals surface area contributed by atoms with Gasteiger partial charge in [0, 0.05) is 30.8 Å². The minimum Gasteiger partial charge on any atom is -0.360 e. The van der Waals surface area contributed by atoms with Gasteiger partial charge < -0.3 is 14.7 Å². The third kappa shape index (κ3) is 3.19. The fraction of sp³-hybridized carbons (Fsp3) is 0.533. The Bertz CT molecular complexity index is 659. The molecular weight excluding hydrogens is 282 g/mol.